The Morgan fingerprint density at radius 2 is 1.84 bits per heavy atom. The fraction of sp³-hybridized carbons (Fsp3) is 0.467. The van der Waals surface area contributed by atoms with Gasteiger partial charge in [-0.15, -0.1) is 10.2 Å². The van der Waals surface area contributed by atoms with Crippen molar-refractivity contribution in [3.8, 4) is 10.6 Å². The third-order valence-electron chi connectivity index (χ3n) is 3.48. The normalized spacial score (nSPS) is 14.9. The first-order valence-corrected chi connectivity index (χ1v) is 7.59. The summed E-state index contributed by atoms with van der Waals surface area (Å²) in [5, 5.41) is 14.3. The summed E-state index contributed by atoms with van der Waals surface area (Å²) in [6.45, 7) is 7.29. The fourth-order valence-electron chi connectivity index (χ4n) is 2.46. The number of nitrogens with zero attached hydrogens (tertiary/aromatic N) is 2. The van der Waals surface area contributed by atoms with Gasteiger partial charge in [0.25, 0.3) is 0 Å². The summed E-state index contributed by atoms with van der Waals surface area (Å²) >= 11 is 1.71. The number of hydrogen-bond acceptors (Lipinski definition) is 4. The molecule has 0 radical (unpaired) electrons. The van der Waals surface area contributed by atoms with Gasteiger partial charge in [-0.05, 0) is 44.7 Å². The van der Waals surface area contributed by atoms with Crippen molar-refractivity contribution in [2.24, 2.45) is 0 Å². The summed E-state index contributed by atoms with van der Waals surface area (Å²) in [5.41, 5.74) is 5.13. The largest absolute Gasteiger partial charge is 0.308 e. The molecule has 3 nitrogen and oxygen atoms in total. The van der Waals surface area contributed by atoms with Gasteiger partial charge < -0.3 is 5.32 Å². The van der Waals surface area contributed by atoms with Crippen LogP contribution < -0.4 is 5.32 Å². The Morgan fingerprint density at radius 1 is 1.16 bits per heavy atom. The summed E-state index contributed by atoms with van der Waals surface area (Å²) < 4.78 is 0. The summed E-state index contributed by atoms with van der Waals surface area (Å²) in [5.74, 6) is 0. The second-order valence-electron chi connectivity index (χ2n) is 5.43. The molecule has 1 fully saturated rings. The highest BCUT2D eigenvalue weighted by Crippen LogP contribution is 2.31. The van der Waals surface area contributed by atoms with Gasteiger partial charge in [-0.3, -0.25) is 0 Å². The zero-order valence-corrected chi connectivity index (χ0v) is 12.5. The standard InChI is InChI=1S/C15H19N3S/c1-9-6-10(2)14(11(3)7-9)15-18-17-13(19-15)8-16-12-4-5-12/h6-7,12,16H,4-5,8H2,1-3H3. The van der Waals surface area contributed by atoms with Gasteiger partial charge in [0.1, 0.15) is 10.0 Å². The van der Waals surface area contributed by atoms with Gasteiger partial charge in [0.05, 0.1) is 0 Å². The van der Waals surface area contributed by atoms with Crippen LogP contribution in [0.25, 0.3) is 10.6 Å². The second-order valence-corrected chi connectivity index (χ2v) is 6.49. The van der Waals surface area contributed by atoms with Gasteiger partial charge in [0, 0.05) is 18.2 Å². The lowest BCUT2D eigenvalue weighted by Crippen LogP contribution is -2.14. The van der Waals surface area contributed by atoms with E-state index in [0.717, 1.165) is 22.6 Å². The highest BCUT2D eigenvalue weighted by Gasteiger charge is 2.21. The molecule has 1 aromatic heterocycles. The number of aromatic nitrogens is 2. The monoisotopic (exact) mass is 273 g/mol. The fourth-order valence-corrected chi connectivity index (χ4v) is 3.43. The minimum absolute atomic E-state index is 0.718. The van der Waals surface area contributed by atoms with E-state index < -0.39 is 0 Å². The van der Waals surface area contributed by atoms with Crippen LogP contribution in [0.3, 0.4) is 0 Å². The smallest absolute Gasteiger partial charge is 0.148 e. The molecule has 1 aliphatic carbocycles. The lowest BCUT2D eigenvalue weighted by Gasteiger charge is -2.07. The van der Waals surface area contributed by atoms with Crippen molar-refractivity contribution in [2.75, 3.05) is 0 Å². The molecule has 2 aromatic rings. The van der Waals surface area contributed by atoms with Crippen LogP contribution >= 0.6 is 11.3 Å². The van der Waals surface area contributed by atoms with Crippen LogP contribution in [0.2, 0.25) is 0 Å². The Bertz CT molecular complexity index is 576. The van der Waals surface area contributed by atoms with E-state index in [1.165, 1.54) is 35.1 Å². The highest BCUT2D eigenvalue weighted by atomic mass is 32.1. The van der Waals surface area contributed by atoms with Crippen molar-refractivity contribution in [1.82, 2.24) is 15.5 Å². The molecule has 3 rings (SSSR count). The van der Waals surface area contributed by atoms with Gasteiger partial charge in [0.15, 0.2) is 0 Å². The Morgan fingerprint density at radius 3 is 2.47 bits per heavy atom. The molecule has 0 bridgehead atoms. The molecule has 1 N–H and O–H groups in total. The second kappa shape index (κ2) is 5.02. The summed E-state index contributed by atoms with van der Waals surface area (Å²) in [6.07, 6.45) is 2.61. The van der Waals surface area contributed by atoms with E-state index in [1.54, 1.807) is 11.3 Å². The van der Waals surface area contributed by atoms with Crippen LogP contribution in [0.1, 0.15) is 34.5 Å². The van der Waals surface area contributed by atoms with Gasteiger partial charge in [-0.25, -0.2) is 0 Å². The quantitative estimate of drug-likeness (QED) is 0.928. The van der Waals surface area contributed by atoms with Crippen molar-refractivity contribution >= 4 is 11.3 Å². The van der Waals surface area contributed by atoms with Gasteiger partial charge in [-0.1, -0.05) is 29.0 Å². The van der Waals surface area contributed by atoms with E-state index in [-0.39, 0.29) is 0 Å². The molecule has 1 aliphatic rings. The van der Waals surface area contributed by atoms with Crippen molar-refractivity contribution in [1.29, 1.82) is 0 Å². The molecule has 4 heteroatoms. The number of benzene rings is 1. The summed E-state index contributed by atoms with van der Waals surface area (Å²) in [7, 11) is 0. The summed E-state index contributed by atoms with van der Waals surface area (Å²) in [6, 6.07) is 5.15. The topological polar surface area (TPSA) is 37.8 Å². The number of hydrogen-bond donors (Lipinski definition) is 1. The molecule has 19 heavy (non-hydrogen) atoms. The molecule has 0 unspecified atom stereocenters. The first kappa shape index (κ1) is 12.8. The van der Waals surface area contributed by atoms with Crippen LogP contribution in [-0.2, 0) is 6.54 Å². The first-order valence-electron chi connectivity index (χ1n) is 6.77. The molecule has 0 spiro atoms. The Hall–Kier alpha value is -1.26. The van der Waals surface area contributed by atoms with Crippen molar-refractivity contribution < 1.29 is 0 Å². The van der Waals surface area contributed by atoms with Gasteiger partial charge >= 0.3 is 0 Å². The van der Waals surface area contributed by atoms with Crippen molar-refractivity contribution in [3.05, 3.63) is 33.8 Å². The Balaban J connectivity index is 1.85. The van der Waals surface area contributed by atoms with E-state index >= 15 is 0 Å². The summed E-state index contributed by atoms with van der Waals surface area (Å²) in [4.78, 5) is 0. The van der Waals surface area contributed by atoms with E-state index in [0.29, 0.717) is 0 Å². The maximum Gasteiger partial charge on any atom is 0.148 e. The van der Waals surface area contributed by atoms with Gasteiger partial charge in [-0.2, -0.15) is 0 Å². The molecule has 0 amide bonds. The average Bonchev–Trinajstić information content (AvgIpc) is 3.05. The Labute approximate surface area is 118 Å². The third-order valence-corrected chi connectivity index (χ3v) is 4.42. The van der Waals surface area contributed by atoms with Crippen molar-refractivity contribution in [2.45, 2.75) is 46.2 Å². The molecule has 0 aliphatic heterocycles. The van der Waals surface area contributed by atoms with Crippen molar-refractivity contribution in [3.63, 3.8) is 0 Å². The van der Waals surface area contributed by atoms with Crippen LogP contribution in [-0.4, -0.2) is 16.2 Å². The lowest BCUT2D eigenvalue weighted by molar-refractivity contribution is 0.679. The zero-order valence-electron chi connectivity index (χ0n) is 11.7. The lowest BCUT2D eigenvalue weighted by atomic mass is 10.0. The minimum Gasteiger partial charge on any atom is -0.308 e. The van der Waals surface area contributed by atoms with E-state index in [9.17, 15) is 0 Å². The molecular weight excluding hydrogens is 254 g/mol. The number of aryl methyl sites for hydroxylation is 3. The average molecular weight is 273 g/mol. The number of rotatable bonds is 4. The molecule has 1 saturated carbocycles. The Kier molecular flexibility index (Phi) is 3.37. The van der Waals surface area contributed by atoms with E-state index in [1.807, 2.05) is 0 Å². The van der Waals surface area contributed by atoms with Crippen LogP contribution in [0, 0.1) is 20.8 Å². The number of nitrogens with one attached hydrogen (secondary N) is 1. The van der Waals surface area contributed by atoms with Crippen LogP contribution in [0.4, 0.5) is 0 Å². The predicted octanol–water partition coefficient (Wildman–Crippen LogP) is 3.38. The maximum atomic E-state index is 4.36. The van der Waals surface area contributed by atoms with Crippen LogP contribution in [0.15, 0.2) is 12.1 Å². The SMILES string of the molecule is Cc1cc(C)c(-c2nnc(CNC3CC3)s2)c(C)c1. The maximum absolute atomic E-state index is 4.36. The molecular formula is C15H19N3S. The predicted molar refractivity (Wildman–Crippen MR) is 79.4 cm³/mol. The molecule has 1 heterocycles. The van der Waals surface area contributed by atoms with Crippen LogP contribution in [0.5, 0.6) is 0 Å². The molecule has 1 aromatic carbocycles. The van der Waals surface area contributed by atoms with Gasteiger partial charge in [0.2, 0.25) is 0 Å². The van der Waals surface area contributed by atoms with E-state index in [2.05, 4.69) is 48.4 Å². The zero-order chi connectivity index (χ0) is 13.4. The highest BCUT2D eigenvalue weighted by molar-refractivity contribution is 7.14. The first-order chi connectivity index (χ1) is 9.13. The van der Waals surface area contributed by atoms with E-state index in [4.69, 9.17) is 0 Å². The third kappa shape index (κ3) is 2.85. The molecule has 100 valence electrons. The minimum atomic E-state index is 0.718. The molecule has 0 atom stereocenters. The molecule has 0 saturated heterocycles.